The first-order valence-electron chi connectivity index (χ1n) is 8.15. The number of carbonyl (C=O) groups is 1. The highest BCUT2D eigenvalue weighted by molar-refractivity contribution is 7.18. The van der Waals surface area contributed by atoms with Crippen molar-refractivity contribution >= 4 is 33.3 Å². The van der Waals surface area contributed by atoms with Crippen LogP contribution in [0, 0.1) is 13.8 Å². The summed E-state index contributed by atoms with van der Waals surface area (Å²) in [6, 6.07) is 6.80. The quantitative estimate of drug-likeness (QED) is 0.561. The van der Waals surface area contributed by atoms with E-state index >= 15 is 0 Å². The Morgan fingerprint density at radius 2 is 2.00 bits per heavy atom. The number of aromatic nitrogens is 4. The number of thiophene rings is 1. The SMILES string of the molecule is CCOC(=O)c1ccc(-c2n[nH]c3nc4sc(C)c(C)c4c(=O)n23)cc1. The number of aryl methyl sites for hydroxylation is 2. The minimum Gasteiger partial charge on any atom is -0.462 e. The lowest BCUT2D eigenvalue weighted by Crippen LogP contribution is -2.15. The Kier molecular flexibility index (Phi) is 3.84. The summed E-state index contributed by atoms with van der Waals surface area (Å²) < 4.78 is 6.46. The van der Waals surface area contributed by atoms with Crippen molar-refractivity contribution in [2.45, 2.75) is 20.8 Å². The van der Waals surface area contributed by atoms with Crippen molar-refractivity contribution in [3.8, 4) is 11.4 Å². The van der Waals surface area contributed by atoms with E-state index in [0.717, 1.165) is 10.4 Å². The summed E-state index contributed by atoms with van der Waals surface area (Å²) in [5.41, 5.74) is 1.96. The fourth-order valence-corrected chi connectivity index (χ4v) is 3.90. The molecule has 0 radical (unpaired) electrons. The zero-order chi connectivity index (χ0) is 18.4. The van der Waals surface area contributed by atoms with Crippen LogP contribution in [0.25, 0.3) is 27.4 Å². The van der Waals surface area contributed by atoms with Gasteiger partial charge < -0.3 is 4.74 Å². The topological polar surface area (TPSA) is 89.3 Å². The van der Waals surface area contributed by atoms with Crippen molar-refractivity contribution in [3.63, 3.8) is 0 Å². The second-order valence-electron chi connectivity index (χ2n) is 5.88. The minimum absolute atomic E-state index is 0.148. The number of nitrogens with zero attached hydrogens (tertiary/aromatic N) is 3. The molecule has 3 aromatic heterocycles. The molecule has 4 aromatic rings. The van der Waals surface area contributed by atoms with E-state index in [9.17, 15) is 9.59 Å². The minimum atomic E-state index is -0.379. The molecular weight excluding hydrogens is 352 g/mol. The maximum atomic E-state index is 13.0. The van der Waals surface area contributed by atoms with Crippen LogP contribution in [0.15, 0.2) is 29.1 Å². The first-order chi connectivity index (χ1) is 12.5. The van der Waals surface area contributed by atoms with E-state index in [1.165, 1.54) is 15.7 Å². The monoisotopic (exact) mass is 368 g/mol. The molecule has 0 unspecified atom stereocenters. The van der Waals surface area contributed by atoms with Gasteiger partial charge in [0, 0.05) is 10.4 Å². The van der Waals surface area contributed by atoms with E-state index < -0.39 is 0 Å². The zero-order valence-corrected chi connectivity index (χ0v) is 15.3. The second kappa shape index (κ2) is 6.06. The van der Waals surface area contributed by atoms with Crippen molar-refractivity contribution in [2.24, 2.45) is 0 Å². The van der Waals surface area contributed by atoms with Gasteiger partial charge in [-0.1, -0.05) is 12.1 Å². The van der Waals surface area contributed by atoms with E-state index in [-0.39, 0.29) is 11.5 Å². The van der Waals surface area contributed by atoms with Gasteiger partial charge in [-0.2, -0.15) is 5.10 Å². The highest BCUT2D eigenvalue weighted by Crippen LogP contribution is 2.27. The van der Waals surface area contributed by atoms with Gasteiger partial charge in [0.05, 0.1) is 17.6 Å². The van der Waals surface area contributed by atoms with E-state index in [1.807, 2.05) is 13.8 Å². The Morgan fingerprint density at radius 1 is 1.27 bits per heavy atom. The molecule has 7 nitrogen and oxygen atoms in total. The van der Waals surface area contributed by atoms with Crippen molar-refractivity contribution in [2.75, 3.05) is 6.61 Å². The summed E-state index contributed by atoms with van der Waals surface area (Å²) in [5.74, 6) is 0.474. The summed E-state index contributed by atoms with van der Waals surface area (Å²) in [5, 5.41) is 7.70. The molecule has 1 N–H and O–H groups in total. The smallest absolute Gasteiger partial charge is 0.338 e. The van der Waals surface area contributed by atoms with Gasteiger partial charge in [-0.15, -0.1) is 11.3 Å². The Morgan fingerprint density at radius 3 is 2.69 bits per heavy atom. The van der Waals surface area contributed by atoms with Crippen LogP contribution in [0.4, 0.5) is 0 Å². The lowest BCUT2D eigenvalue weighted by Gasteiger charge is -2.03. The lowest BCUT2D eigenvalue weighted by molar-refractivity contribution is 0.0526. The first kappa shape index (κ1) is 16.5. The number of aromatic amines is 1. The van der Waals surface area contributed by atoms with Gasteiger partial charge in [0.25, 0.3) is 5.56 Å². The van der Waals surface area contributed by atoms with E-state index in [0.29, 0.717) is 39.6 Å². The van der Waals surface area contributed by atoms with Crippen LogP contribution < -0.4 is 5.56 Å². The number of ether oxygens (including phenoxy) is 1. The molecule has 132 valence electrons. The Hall–Kier alpha value is -3.00. The highest BCUT2D eigenvalue weighted by Gasteiger charge is 2.18. The van der Waals surface area contributed by atoms with Gasteiger partial charge in [0.15, 0.2) is 5.82 Å². The average Bonchev–Trinajstić information content (AvgIpc) is 3.17. The molecule has 1 aromatic carbocycles. The summed E-state index contributed by atoms with van der Waals surface area (Å²) in [6.07, 6.45) is 0. The van der Waals surface area contributed by atoms with Crippen LogP contribution in [-0.4, -0.2) is 32.2 Å². The number of nitrogens with one attached hydrogen (secondary N) is 1. The molecule has 0 atom stereocenters. The van der Waals surface area contributed by atoms with Crippen molar-refractivity contribution < 1.29 is 9.53 Å². The fourth-order valence-electron chi connectivity index (χ4n) is 2.88. The molecule has 0 aliphatic heterocycles. The molecule has 26 heavy (non-hydrogen) atoms. The van der Waals surface area contributed by atoms with Crippen LogP contribution >= 0.6 is 11.3 Å². The number of esters is 1. The molecule has 0 spiro atoms. The molecule has 0 saturated carbocycles. The highest BCUT2D eigenvalue weighted by atomic mass is 32.1. The summed E-state index contributed by atoms with van der Waals surface area (Å²) in [7, 11) is 0. The number of fused-ring (bicyclic) bond motifs is 2. The number of benzene rings is 1. The molecule has 0 amide bonds. The third-order valence-electron chi connectivity index (χ3n) is 4.33. The van der Waals surface area contributed by atoms with Crippen molar-refractivity contribution in [1.82, 2.24) is 19.6 Å². The van der Waals surface area contributed by atoms with E-state index in [2.05, 4.69) is 15.2 Å². The van der Waals surface area contributed by atoms with Gasteiger partial charge in [0.1, 0.15) is 4.83 Å². The predicted octanol–water partition coefficient (Wildman–Crippen LogP) is 3.09. The lowest BCUT2D eigenvalue weighted by atomic mass is 10.1. The molecule has 4 rings (SSSR count). The second-order valence-corrected chi connectivity index (χ2v) is 7.09. The number of rotatable bonds is 3. The van der Waals surface area contributed by atoms with Gasteiger partial charge in [-0.25, -0.2) is 19.3 Å². The van der Waals surface area contributed by atoms with E-state index in [1.54, 1.807) is 31.2 Å². The van der Waals surface area contributed by atoms with Gasteiger partial charge in [-0.3, -0.25) is 4.79 Å². The zero-order valence-electron chi connectivity index (χ0n) is 14.5. The molecule has 0 aliphatic carbocycles. The number of hydrogen-bond acceptors (Lipinski definition) is 6. The van der Waals surface area contributed by atoms with Gasteiger partial charge in [0.2, 0.25) is 5.78 Å². The third-order valence-corrected chi connectivity index (χ3v) is 5.43. The van der Waals surface area contributed by atoms with Crippen LogP contribution in [0.3, 0.4) is 0 Å². The normalized spacial score (nSPS) is 11.3. The number of carbonyl (C=O) groups excluding carboxylic acids is 1. The van der Waals surface area contributed by atoms with Crippen LogP contribution in [0.5, 0.6) is 0 Å². The number of hydrogen-bond donors (Lipinski definition) is 1. The standard InChI is InChI=1S/C18H16N4O3S/c1-4-25-17(24)12-7-5-11(6-8-12)14-20-21-18-19-15-13(16(23)22(14)18)9(2)10(3)26-15/h5-8H,4H2,1-3H3,(H,19,21). The van der Waals surface area contributed by atoms with Crippen LogP contribution in [0.2, 0.25) is 0 Å². The Bertz CT molecular complexity index is 1200. The van der Waals surface area contributed by atoms with Crippen molar-refractivity contribution in [1.29, 1.82) is 0 Å². The Balaban J connectivity index is 1.88. The first-order valence-corrected chi connectivity index (χ1v) is 8.97. The largest absolute Gasteiger partial charge is 0.462 e. The molecule has 8 heteroatoms. The van der Waals surface area contributed by atoms with Crippen LogP contribution in [0.1, 0.15) is 27.7 Å². The van der Waals surface area contributed by atoms with Crippen molar-refractivity contribution in [3.05, 3.63) is 50.6 Å². The molecular formula is C18H16N4O3S. The molecule has 0 bridgehead atoms. The Labute approximate surface area is 152 Å². The summed E-state index contributed by atoms with van der Waals surface area (Å²) in [4.78, 5) is 31.1. The maximum Gasteiger partial charge on any atom is 0.338 e. The molecule has 3 heterocycles. The maximum absolute atomic E-state index is 13.0. The molecule has 0 aliphatic rings. The fraction of sp³-hybridized carbons (Fsp3) is 0.222. The van der Waals surface area contributed by atoms with Gasteiger partial charge >= 0.3 is 5.97 Å². The number of H-pyrrole nitrogens is 1. The summed E-state index contributed by atoms with van der Waals surface area (Å²) >= 11 is 1.50. The molecule has 0 fully saturated rings. The third kappa shape index (κ3) is 2.41. The van der Waals surface area contributed by atoms with Crippen LogP contribution in [-0.2, 0) is 4.74 Å². The van der Waals surface area contributed by atoms with Gasteiger partial charge in [-0.05, 0) is 38.5 Å². The summed E-state index contributed by atoms with van der Waals surface area (Å²) in [6.45, 7) is 5.99. The average molecular weight is 368 g/mol. The molecule has 0 saturated heterocycles. The van der Waals surface area contributed by atoms with E-state index in [4.69, 9.17) is 4.74 Å². The predicted molar refractivity (Wildman–Crippen MR) is 99.9 cm³/mol.